The van der Waals surface area contributed by atoms with Gasteiger partial charge in [0.25, 0.3) is 0 Å². The van der Waals surface area contributed by atoms with Crippen molar-refractivity contribution in [2.75, 3.05) is 17.3 Å². The molecule has 1 aromatic heterocycles. The Labute approximate surface area is 98.2 Å². The van der Waals surface area contributed by atoms with Crippen molar-refractivity contribution in [1.82, 2.24) is 4.98 Å². The fourth-order valence-corrected chi connectivity index (χ4v) is 2.05. The molecule has 5 heteroatoms. The lowest BCUT2D eigenvalue weighted by molar-refractivity contribution is -0.117. The van der Waals surface area contributed by atoms with Gasteiger partial charge >= 0.3 is 0 Å². The molecule has 0 bridgehead atoms. The largest absolute Gasteiger partial charge is 0.310 e. The summed E-state index contributed by atoms with van der Waals surface area (Å²) in [6, 6.07) is 1.60. The van der Waals surface area contributed by atoms with Crippen LogP contribution in [0.4, 0.5) is 5.69 Å². The van der Waals surface area contributed by atoms with Crippen molar-refractivity contribution in [3.63, 3.8) is 0 Å². The van der Waals surface area contributed by atoms with Crippen molar-refractivity contribution < 1.29 is 9.59 Å². The maximum absolute atomic E-state index is 11.7. The molecular formula is C11H11ClN2O2. The number of rotatable bonds is 3. The summed E-state index contributed by atoms with van der Waals surface area (Å²) in [5, 5.41) is 0. The molecule has 0 aliphatic carbocycles. The van der Waals surface area contributed by atoms with Crippen LogP contribution in [0.25, 0.3) is 0 Å². The van der Waals surface area contributed by atoms with Gasteiger partial charge in [0, 0.05) is 30.6 Å². The number of carbonyl (C=O) groups excluding carboxylic acids is 2. The molecule has 1 aromatic rings. The van der Waals surface area contributed by atoms with E-state index in [4.69, 9.17) is 11.6 Å². The number of anilines is 1. The molecule has 1 atom stereocenters. The van der Waals surface area contributed by atoms with Crippen LogP contribution in [-0.4, -0.2) is 29.6 Å². The van der Waals surface area contributed by atoms with Gasteiger partial charge in [-0.1, -0.05) is 0 Å². The van der Waals surface area contributed by atoms with E-state index in [0.29, 0.717) is 30.1 Å². The van der Waals surface area contributed by atoms with Gasteiger partial charge in [-0.2, -0.15) is 0 Å². The van der Waals surface area contributed by atoms with E-state index in [1.54, 1.807) is 11.0 Å². The molecule has 1 saturated heterocycles. The zero-order valence-electron chi connectivity index (χ0n) is 8.60. The van der Waals surface area contributed by atoms with E-state index in [1.807, 2.05) is 0 Å². The second-order valence-corrected chi connectivity index (χ2v) is 4.09. The Bertz CT molecular complexity index is 422. The summed E-state index contributed by atoms with van der Waals surface area (Å²) in [5.41, 5.74) is 1.06. The van der Waals surface area contributed by atoms with Crippen LogP contribution >= 0.6 is 11.6 Å². The molecule has 1 amide bonds. The van der Waals surface area contributed by atoms with Crippen molar-refractivity contribution in [3.05, 3.63) is 24.0 Å². The lowest BCUT2D eigenvalue weighted by Gasteiger charge is -2.17. The Balaban J connectivity index is 2.31. The van der Waals surface area contributed by atoms with E-state index in [2.05, 4.69) is 4.98 Å². The van der Waals surface area contributed by atoms with Crippen molar-refractivity contribution in [2.45, 2.75) is 6.42 Å². The topological polar surface area (TPSA) is 50.3 Å². The predicted octanol–water partition coefficient (Wildman–Crippen LogP) is 1.49. The number of hydrogen-bond donors (Lipinski definition) is 0. The summed E-state index contributed by atoms with van der Waals surface area (Å²) in [7, 11) is 0. The molecule has 2 heterocycles. The average molecular weight is 239 g/mol. The molecule has 84 valence electrons. The molecule has 16 heavy (non-hydrogen) atoms. The second-order valence-electron chi connectivity index (χ2n) is 3.78. The minimum absolute atomic E-state index is 0.00162. The number of hydrogen-bond acceptors (Lipinski definition) is 3. The molecular weight excluding hydrogens is 228 g/mol. The standard InChI is InChI=1S/C11H11ClN2O2/c12-4-8-3-11(16)14(6-8)10-5-13-2-1-9(10)7-15/h1-2,5,7-8H,3-4,6H2. The van der Waals surface area contributed by atoms with E-state index < -0.39 is 0 Å². The van der Waals surface area contributed by atoms with Gasteiger partial charge in [0.2, 0.25) is 5.91 Å². The molecule has 2 rings (SSSR count). The van der Waals surface area contributed by atoms with E-state index in [1.165, 1.54) is 12.4 Å². The first kappa shape index (κ1) is 11.1. The van der Waals surface area contributed by atoms with E-state index in [-0.39, 0.29) is 11.8 Å². The van der Waals surface area contributed by atoms with Crippen molar-refractivity contribution in [3.8, 4) is 0 Å². The van der Waals surface area contributed by atoms with Crippen LogP contribution in [0.2, 0.25) is 0 Å². The summed E-state index contributed by atoms with van der Waals surface area (Å²) in [6.45, 7) is 0.564. The third-order valence-corrected chi connectivity index (χ3v) is 3.11. The number of alkyl halides is 1. The number of aromatic nitrogens is 1. The molecule has 0 radical (unpaired) electrons. The Morgan fingerprint density at radius 1 is 1.62 bits per heavy atom. The second kappa shape index (κ2) is 4.61. The third-order valence-electron chi connectivity index (χ3n) is 2.67. The first-order chi connectivity index (χ1) is 7.76. The van der Waals surface area contributed by atoms with Gasteiger partial charge in [-0.05, 0) is 12.0 Å². The highest BCUT2D eigenvalue weighted by molar-refractivity contribution is 6.18. The van der Waals surface area contributed by atoms with E-state index in [9.17, 15) is 9.59 Å². The van der Waals surface area contributed by atoms with Crippen LogP contribution < -0.4 is 4.90 Å². The summed E-state index contributed by atoms with van der Waals surface area (Å²) >= 11 is 5.74. The van der Waals surface area contributed by atoms with Crippen LogP contribution in [0.1, 0.15) is 16.8 Å². The van der Waals surface area contributed by atoms with Crippen LogP contribution in [0.5, 0.6) is 0 Å². The predicted molar refractivity (Wildman–Crippen MR) is 60.8 cm³/mol. The van der Waals surface area contributed by atoms with Gasteiger partial charge in [0.1, 0.15) is 0 Å². The molecule has 0 spiro atoms. The van der Waals surface area contributed by atoms with Gasteiger partial charge in [0.15, 0.2) is 6.29 Å². The number of amides is 1. The van der Waals surface area contributed by atoms with Crippen molar-refractivity contribution in [2.24, 2.45) is 5.92 Å². The minimum atomic E-state index is 0.00162. The van der Waals surface area contributed by atoms with Gasteiger partial charge in [-0.25, -0.2) is 0 Å². The minimum Gasteiger partial charge on any atom is -0.310 e. The zero-order valence-corrected chi connectivity index (χ0v) is 9.35. The molecule has 1 unspecified atom stereocenters. The molecule has 1 aliphatic heterocycles. The van der Waals surface area contributed by atoms with Crippen LogP contribution in [0.3, 0.4) is 0 Å². The fourth-order valence-electron chi connectivity index (χ4n) is 1.84. The number of pyridine rings is 1. The number of carbonyl (C=O) groups is 2. The zero-order chi connectivity index (χ0) is 11.5. The number of halogens is 1. The lowest BCUT2D eigenvalue weighted by atomic mass is 10.1. The number of aldehydes is 1. The highest BCUT2D eigenvalue weighted by Crippen LogP contribution is 2.27. The van der Waals surface area contributed by atoms with E-state index in [0.717, 1.165) is 6.29 Å². The summed E-state index contributed by atoms with van der Waals surface area (Å²) < 4.78 is 0. The normalized spacial score (nSPS) is 20.2. The lowest BCUT2D eigenvalue weighted by Crippen LogP contribution is -2.26. The summed E-state index contributed by atoms with van der Waals surface area (Å²) in [5.74, 6) is 0.620. The highest BCUT2D eigenvalue weighted by Gasteiger charge is 2.31. The Morgan fingerprint density at radius 2 is 2.44 bits per heavy atom. The van der Waals surface area contributed by atoms with Gasteiger partial charge in [0.05, 0.1) is 11.9 Å². The molecule has 4 nitrogen and oxygen atoms in total. The smallest absolute Gasteiger partial charge is 0.227 e. The highest BCUT2D eigenvalue weighted by atomic mass is 35.5. The van der Waals surface area contributed by atoms with Crippen LogP contribution in [0, 0.1) is 5.92 Å². The van der Waals surface area contributed by atoms with Gasteiger partial charge in [-0.15, -0.1) is 11.6 Å². The maximum Gasteiger partial charge on any atom is 0.227 e. The van der Waals surface area contributed by atoms with Gasteiger partial charge < -0.3 is 4.90 Å². The van der Waals surface area contributed by atoms with Crippen molar-refractivity contribution in [1.29, 1.82) is 0 Å². The maximum atomic E-state index is 11.7. The Kier molecular flexibility index (Phi) is 3.19. The molecule has 0 aromatic carbocycles. The van der Waals surface area contributed by atoms with Crippen LogP contribution in [-0.2, 0) is 4.79 Å². The summed E-state index contributed by atoms with van der Waals surface area (Å²) in [4.78, 5) is 28.1. The van der Waals surface area contributed by atoms with Crippen LogP contribution in [0.15, 0.2) is 18.5 Å². The molecule has 1 fully saturated rings. The molecule has 1 aliphatic rings. The average Bonchev–Trinajstić information content (AvgIpc) is 2.70. The molecule has 0 N–H and O–H groups in total. The monoisotopic (exact) mass is 238 g/mol. The quantitative estimate of drug-likeness (QED) is 0.592. The fraction of sp³-hybridized carbons (Fsp3) is 0.364. The first-order valence-corrected chi connectivity index (χ1v) is 5.55. The first-order valence-electron chi connectivity index (χ1n) is 5.01. The SMILES string of the molecule is O=Cc1ccncc1N1CC(CCl)CC1=O. The van der Waals surface area contributed by atoms with E-state index >= 15 is 0 Å². The number of nitrogens with zero attached hydrogens (tertiary/aromatic N) is 2. The van der Waals surface area contributed by atoms with Gasteiger partial charge in [-0.3, -0.25) is 14.6 Å². The Hall–Kier alpha value is -1.42. The summed E-state index contributed by atoms with van der Waals surface area (Å²) in [6.07, 6.45) is 4.25. The van der Waals surface area contributed by atoms with Crippen molar-refractivity contribution >= 4 is 29.5 Å². The molecule has 0 saturated carbocycles. The third kappa shape index (κ3) is 1.93. The Morgan fingerprint density at radius 3 is 3.06 bits per heavy atom.